The van der Waals surface area contributed by atoms with E-state index in [4.69, 9.17) is 46.4 Å². The summed E-state index contributed by atoms with van der Waals surface area (Å²) < 4.78 is 0. The lowest BCUT2D eigenvalue weighted by molar-refractivity contribution is 0.261. The molecule has 190 valence electrons. The molecule has 4 N–H and O–H groups in total. The summed E-state index contributed by atoms with van der Waals surface area (Å²) in [4.78, 5) is 25.6. The van der Waals surface area contributed by atoms with Gasteiger partial charge in [-0.05, 0) is 71.5 Å². The molecule has 3 rings (SSSR count). The fourth-order valence-electron chi connectivity index (χ4n) is 3.43. The van der Waals surface area contributed by atoms with Crippen molar-refractivity contribution in [2.45, 2.75) is 39.5 Å². The highest BCUT2D eigenvalue weighted by molar-refractivity contribution is 6.42. The van der Waals surface area contributed by atoms with Crippen LogP contribution in [-0.2, 0) is 11.8 Å². The lowest BCUT2D eigenvalue weighted by Crippen LogP contribution is -2.24. The van der Waals surface area contributed by atoms with Crippen LogP contribution in [0.4, 0.5) is 32.3 Å². The second kappa shape index (κ2) is 11.6. The zero-order valence-electron chi connectivity index (χ0n) is 20.2. The first-order valence-electron chi connectivity index (χ1n) is 11.1. The number of hydrogen-bond donors (Lipinski definition) is 4. The lowest BCUT2D eigenvalue weighted by Gasteiger charge is -2.24. The van der Waals surface area contributed by atoms with Crippen LogP contribution < -0.4 is 21.3 Å². The third-order valence-corrected chi connectivity index (χ3v) is 6.80. The molecular weight excluding hydrogens is 542 g/mol. The molecule has 36 heavy (non-hydrogen) atoms. The van der Waals surface area contributed by atoms with Gasteiger partial charge in [0.05, 0.1) is 20.1 Å². The van der Waals surface area contributed by atoms with Gasteiger partial charge in [0, 0.05) is 22.7 Å². The van der Waals surface area contributed by atoms with E-state index in [1.54, 1.807) is 36.4 Å². The number of amides is 4. The Hall–Kier alpha value is -2.64. The smallest absolute Gasteiger partial charge is 0.308 e. The van der Waals surface area contributed by atoms with Crippen LogP contribution in [0.5, 0.6) is 0 Å². The topological polar surface area (TPSA) is 82.3 Å². The second-order valence-corrected chi connectivity index (χ2v) is 10.7. The molecule has 0 atom stereocenters. The van der Waals surface area contributed by atoms with E-state index in [-0.39, 0.29) is 5.41 Å². The third-order valence-electron chi connectivity index (χ3n) is 5.32. The quantitative estimate of drug-likeness (QED) is 0.247. The molecule has 0 fully saturated rings. The third kappa shape index (κ3) is 7.20. The summed E-state index contributed by atoms with van der Waals surface area (Å²) in [5.74, 6) is 0. The van der Waals surface area contributed by atoms with Crippen molar-refractivity contribution in [2.24, 2.45) is 0 Å². The number of rotatable bonds is 5. The maximum Gasteiger partial charge on any atom is 0.323 e. The standard InChI is InChI=1S/C26H26Cl4N4O2/c1-5-17-22(33-24(35)31-15-6-8-18(27)20(29)12-15)10-14(26(2,3)4)11-23(17)34-25(36)32-16-7-9-19(28)21(30)13-16/h6-13H,5H2,1-4H3,(H2,31,33,35)(H2,32,34,36). The van der Waals surface area contributed by atoms with Crippen molar-refractivity contribution in [2.75, 3.05) is 21.3 Å². The Kier molecular flexibility index (Phi) is 9.01. The van der Waals surface area contributed by atoms with Crippen molar-refractivity contribution in [1.29, 1.82) is 0 Å². The van der Waals surface area contributed by atoms with Crippen LogP contribution in [0.1, 0.15) is 38.8 Å². The summed E-state index contributed by atoms with van der Waals surface area (Å²) in [5.41, 5.74) is 3.57. The summed E-state index contributed by atoms with van der Waals surface area (Å²) in [6.45, 7) is 8.09. The van der Waals surface area contributed by atoms with E-state index in [0.717, 1.165) is 11.1 Å². The number of benzene rings is 3. The number of hydrogen-bond acceptors (Lipinski definition) is 2. The summed E-state index contributed by atoms with van der Waals surface area (Å²) >= 11 is 24.0. The van der Waals surface area contributed by atoms with E-state index in [0.29, 0.717) is 49.3 Å². The Morgan fingerprint density at radius 3 is 1.42 bits per heavy atom. The van der Waals surface area contributed by atoms with E-state index in [9.17, 15) is 9.59 Å². The molecule has 0 spiro atoms. The number of halogens is 4. The molecule has 0 heterocycles. The van der Waals surface area contributed by atoms with Gasteiger partial charge in [0.1, 0.15) is 0 Å². The van der Waals surface area contributed by atoms with Crippen molar-refractivity contribution in [3.8, 4) is 0 Å². The minimum atomic E-state index is -0.458. The van der Waals surface area contributed by atoms with Crippen molar-refractivity contribution < 1.29 is 9.59 Å². The predicted octanol–water partition coefficient (Wildman–Crippen LogP) is 9.45. The summed E-state index contributed by atoms with van der Waals surface area (Å²) in [7, 11) is 0. The average molecular weight is 568 g/mol. The van der Waals surface area contributed by atoms with E-state index in [1.807, 2.05) is 39.8 Å². The summed E-state index contributed by atoms with van der Waals surface area (Å²) in [6, 6.07) is 12.6. The Bertz CT molecular complexity index is 1220. The number of nitrogens with one attached hydrogen (secondary N) is 4. The van der Waals surface area contributed by atoms with Gasteiger partial charge in [0.15, 0.2) is 0 Å². The first kappa shape index (κ1) is 27.9. The fraction of sp³-hybridized carbons (Fsp3) is 0.231. The van der Waals surface area contributed by atoms with Crippen LogP contribution in [0.3, 0.4) is 0 Å². The molecule has 3 aromatic rings. The minimum absolute atomic E-state index is 0.251. The van der Waals surface area contributed by atoms with Gasteiger partial charge >= 0.3 is 12.1 Å². The second-order valence-electron chi connectivity index (χ2n) is 9.07. The van der Waals surface area contributed by atoms with Crippen LogP contribution in [-0.4, -0.2) is 12.1 Å². The highest BCUT2D eigenvalue weighted by Gasteiger charge is 2.21. The number of anilines is 4. The number of carbonyl (C=O) groups excluding carboxylic acids is 2. The lowest BCUT2D eigenvalue weighted by atomic mass is 9.85. The molecular formula is C26H26Cl4N4O2. The SMILES string of the molecule is CCc1c(NC(=O)Nc2ccc(Cl)c(Cl)c2)cc(C(C)(C)C)cc1NC(=O)Nc1ccc(Cl)c(Cl)c1. The Balaban J connectivity index is 1.88. The van der Waals surface area contributed by atoms with E-state index < -0.39 is 12.1 Å². The van der Waals surface area contributed by atoms with E-state index >= 15 is 0 Å². The molecule has 0 saturated carbocycles. The Morgan fingerprint density at radius 2 is 1.08 bits per heavy atom. The first-order chi connectivity index (χ1) is 16.9. The van der Waals surface area contributed by atoms with Crippen LogP contribution in [0, 0.1) is 0 Å². The summed E-state index contributed by atoms with van der Waals surface area (Å²) in [6.07, 6.45) is 0.551. The zero-order valence-corrected chi connectivity index (χ0v) is 23.2. The Morgan fingerprint density at radius 1 is 0.667 bits per heavy atom. The van der Waals surface area contributed by atoms with Gasteiger partial charge in [-0.25, -0.2) is 9.59 Å². The maximum absolute atomic E-state index is 12.8. The normalized spacial score (nSPS) is 11.1. The summed E-state index contributed by atoms with van der Waals surface area (Å²) in [5, 5.41) is 12.8. The molecule has 0 aliphatic heterocycles. The molecule has 0 radical (unpaired) electrons. The average Bonchev–Trinajstić information content (AvgIpc) is 2.78. The van der Waals surface area contributed by atoms with Crippen LogP contribution in [0.2, 0.25) is 20.1 Å². The fourth-order valence-corrected chi connectivity index (χ4v) is 4.02. The Labute approximate surface area is 230 Å². The molecule has 0 bridgehead atoms. The maximum atomic E-state index is 12.8. The molecule has 0 saturated heterocycles. The predicted molar refractivity (Wildman–Crippen MR) is 153 cm³/mol. The molecule has 0 aromatic heterocycles. The largest absolute Gasteiger partial charge is 0.323 e. The molecule has 6 nitrogen and oxygen atoms in total. The molecule has 0 aliphatic carbocycles. The molecule has 0 unspecified atom stereocenters. The molecule has 10 heteroatoms. The van der Waals surface area contributed by atoms with Crippen molar-refractivity contribution in [1.82, 2.24) is 0 Å². The van der Waals surface area contributed by atoms with Crippen LogP contribution >= 0.6 is 46.4 Å². The van der Waals surface area contributed by atoms with Crippen molar-refractivity contribution in [3.63, 3.8) is 0 Å². The van der Waals surface area contributed by atoms with Gasteiger partial charge in [-0.3, -0.25) is 0 Å². The minimum Gasteiger partial charge on any atom is -0.308 e. The zero-order chi connectivity index (χ0) is 26.6. The monoisotopic (exact) mass is 566 g/mol. The van der Waals surface area contributed by atoms with Crippen LogP contribution in [0.25, 0.3) is 0 Å². The van der Waals surface area contributed by atoms with Crippen molar-refractivity contribution >= 4 is 81.2 Å². The van der Waals surface area contributed by atoms with Gasteiger partial charge in [-0.1, -0.05) is 74.1 Å². The highest BCUT2D eigenvalue weighted by atomic mass is 35.5. The van der Waals surface area contributed by atoms with E-state index in [2.05, 4.69) is 21.3 Å². The number of carbonyl (C=O) groups is 2. The van der Waals surface area contributed by atoms with Gasteiger partial charge < -0.3 is 21.3 Å². The molecule has 0 aliphatic rings. The number of urea groups is 2. The highest BCUT2D eigenvalue weighted by Crippen LogP contribution is 2.34. The van der Waals surface area contributed by atoms with Gasteiger partial charge in [-0.2, -0.15) is 0 Å². The van der Waals surface area contributed by atoms with Crippen molar-refractivity contribution in [3.05, 3.63) is 79.7 Å². The van der Waals surface area contributed by atoms with E-state index in [1.165, 1.54) is 0 Å². The van der Waals surface area contributed by atoms with Crippen LogP contribution in [0.15, 0.2) is 48.5 Å². The van der Waals surface area contributed by atoms with Gasteiger partial charge in [0.2, 0.25) is 0 Å². The van der Waals surface area contributed by atoms with Gasteiger partial charge in [0.25, 0.3) is 0 Å². The molecule has 4 amide bonds. The molecule has 3 aromatic carbocycles. The van der Waals surface area contributed by atoms with Gasteiger partial charge in [-0.15, -0.1) is 0 Å². The first-order valence-corrected chi connectivity index (χ1v) is 12.6.